The molecule has 1 atom stereocenters. The summed E-state index contributed by atoms with van der Waals surface area (Å²) in [6.45, 7) is 6.30. The van der Waals surface area contributed by atoms with Crippen molar-refractivity contribution in [1.29, 1.82) is 0 Å². The van der Waals surface area contributed by atoms with Crippen LogP contribution in [0.15, 0.2) is 4.99 Å². The van der Waals surface area contributed by atoms with E-state index in [4.69, 9.17) is 4.99 Å². The van der Waals surface area contributed by atoms with Gasteiger partial charge in [0.2, 0.25) is 15.9 Å². The number of carbonyl (C=O) groups is 1. The van der Waals surface area contributed by atoms with Gasteiger partial charge in [0.25, 0.3) is 0 Å². The molecule has 0 aromatic rings. The Bertz CT molecular complexity index is 697. The summed E-state index contributed by atoms with van der Waals surface area (Å²) in [6.07, 6.45) is 9.68. The molecule has 0 radical (unpaired) electrons. The second-order valence-corrected chi connectivity index (χ2v) is 11.1. The number of aliphatic imine (C=N–C) groups is 1. The minimum atomic E-state index is -3.08. The highest BCUT2D eigenvalue weighted by Gasteiger charge is 2.32. The van der Waals surface area contributed by atoms with E-state index >= 15 is 0 Å². The van der Waals surface area contributed by atoms with E-state index in [-0.39, 0.29) is 12.0 Å². The van der Waals surface area contributed by atoms with Crippen LogP contribution in [0.2, 0.25) is 0 Å². The van der Waals surface area contributed by atoms with Crippen LogP contribution >= 0.6 is 0 Å². The van der Waals surface area contributed by atoms with E-state index in [1.165, 1.54) is 25.5 Å². The Hall–Kier alpha value is -1.35. The predicted octanol–water partition coefficient (Wildman–Crippen LogP) is 1.39. The van der Waals surface area contributed by atoms with Crippen molar-refractivity contribution in [3.8, 4) is 0 Å². The van der Waals surface area contributed by atoms with Crippen molar-refractivity contribution in [2.45, 2.75) is 64.3 Å². The van der Waals surface area contributed by atoms with Gasteiger partial charge in [-0.3, -0.25) is 9.79 Å². The maximum Gasteiger partial charge on any atom is 0.225 e. The van der Waals surface area contributed by atoms with Gasteiger partial charge >= 0.3 is 0 Å². The maximum absolute atomic E-state index is 12.8. The molecule has 8 nitrogen and oxygen atoms in total. The molecule has 172 valence electrons. The number of hydrogen-bond donors (Lipinski definition) is 2. The highest BCUT2D eigenvalue weighted by molar-refractivity contribution is 7.88. The molecule has 2 heterocycles. The Morgan fingerprint density at radius 3 is 2.37 bits per heavy atom. The van der Waals surface area contributed by atoms with Crippen molar-refractivity contribution in [3.05, 3.63) is 0 Å². The molecule has 2 aliphatic heterocycles. The van der Waals surface area contributed by atoms with Crippen LogP contribution in [0.4, 0.5) is 0 Å². The number of guanidine groups is 1. The van der Waals surface area contributed by atoms with Gasteiger partial charge in [0.15, 0.2) is 5.96 Å². The molecular weight excluding hydrogens is 402 g/mol. The van der Waals surface area contributed by atoms with E-state index < -0.39 is 10.0 Å². The first-order chi connectivity index (χ1) is 14.4. The second kappa shape index (κ2) is 10.8. The summed E-state index contributed by atoms with van der Waals surface area (Å²) in [5.41, 5.74) is 0. The normalized spacial score (nSPS) is 25.5. The van der Waals surface area contributed by atoms with Crippen molar-refractivity contribution in [1.82, 2.24) is 19.8 Å². The van der Waals surface area contributed by atoms with Gasteiger partial charge in [-0.05, 0) is 44.9 Å². The summed E-state index contributed by atoms with van der Waals surface area (Å²) in [7, 11) is -3.08. The number of likely N-dealkylation sites (tertiary alicyclic amines) is 1. The summed E-state index contributed by atoms with van der Waals surface area (Å²) in [5, 5.41) is 6.83. The quantitative estimate of drug-likeness (QED) is 0.480. The molecule has 0 bridgehead atoms. The van der Waals surface area contributed by atoms with Crippen LogP contribution in [0.1, 0.15) is 58.3 Å². The van der Waals surface area contributed by atoms with E-state index in [1.807, 2.05) is 4.90 Å². The molecule has 1 saturated carbocycles. The molecule has 0 aromatic carbocycles. The summed E-state index contributed by atoms with van der Waals surface area (Å²) < 4.78 is 24.9. The molecule has 0 spiro atoms. The lowest BCUT2D eigenvalue weighted by Crippen LogP contribution is -2.46. The van der Waals surface area contributed by atoms with Crippen molar-refractivity contribution in [2.75, 3.05) is 45.5 Å². The smallest absolute Gasteiger partial charge is 0.225 e. The molecule has 2 saturated heterocycles. The molecule has 1 aliphatic carbocycles. The van der Waals surface area contributed by atoms with Gasteiger partial charge in [-0.1, -0.05) is 19.3 Å². The molecule has 30 heavy (non-hydrogen) atoms. The third-order valence-electron chi connectivity index (χ3n) is 6.69. The number of carbonyl (C=O) groups excluding carboxylic acids is 1. The first-order valence-corrected chi connectivity index (χ1v) is 13.5. The Balaban J connectivity index is 1.46. The number of hydrogen-bond acceptors (Lipinski definition) is 4. The van der Waals surface area contributed by atoms with Crippen LogP contribution in [-0.4, -0.2) is 81.1 Å². The fourth-order valence-electron chi connectivity index (χ4n) is 4.84. The van der Waals surface area contributed by atoms with Crippen molar-refractivity contribution < 1.29 is 13.2 Å². The standard InChI is InChI=1S/C21H39N5O3S/c1-3-22-21(23-15-17-9-13-26(14-10-17)30(2,28)29)24-19-11-12-25(16-19)20(27)18-7-5-4-6-8-18/h17-19H,3-16H2,1-2H3,(H2,22,23,24). The number of piperidine rings is 1. The van der Waals surface area contributed by atoms with Gasteiger partial charge in [-0.15, -0.1) is 0 Å². The van der Waals surface area contributed by atoms with E-state index in [9.17, 15) is 13.2 Å². The van der Waals surface area contributed by atoms with Crippen LogP contribution < -0.4 is 10.6 Å². The Kier molecular flexibility index (Phi) is 8.39. The predicted molar refractivity (Wildman–Crippen MR) is 120 cm³/mol. The Morgan fingerprint density at radius 1 is 1.03 bits per heavy atom. The zero-order chi connectivity index (χ0) is 21.6. The number of sulfonamides is 1. The van der Waals surface area contributed by atoms with Crippen LogP contribution in [0.3, 0.4) is 0 Å². The first-order valence-electron chi connectivity index (χ1n) is 11.7. The highest BCUT2D eigenvalue weighted by Crippen LogP contribution is 2.27. The van der Waals surface area contributed by atoms with Crippen LogP contribution in [0.25, 0.3) is 0 Å². The number of amides is 1. The number of nitrogens with zero attached hydrogens (tertiary/aromatic N) is 3. The number of nitrogens with one attached hydrogen (secondary N) is 2. The minimum absolute atomic E-state index is 0.234. The fraction of sp³-hybridized carbons (Fsp3) is 0.905. The first kappa shape index (κ1) is 23.3. The van der Waals surface area contributed by atoms with Gasteiger partial charge in [-0.2, -0.15) is 0 Å². The van der Waals surface area contributed by atoms with Crippen LogP contribution in [-0.2, 0) is 14.8 Å². The van der Waals surface area contributed by atoms with Crippen molar-refractivity contribution >= 4 is 21.9 Å². The molecule has 1 amide bonds. The molecule has 3 aliphatic rings. The van der Waals surface area contributed by atoms with E-state index in [0.717, 1.165) is 57.7 Å². The SMILES string of the molecule is CCNC(=NCC1CCN(S(C)(=O)=O)CC1)NC1CCN(C(=O)C2CCCCC2)C1. The van der Waals surface area contributed by atoms with E-state index in [0.29, 0.717) is 31.5 Å². The topological polar surface area (TPSA) is 94.1 Å². The zero-order valence-corrected chi connectivity index (χ0v) is 19.4. The molecular formula is C21H39N5O3S. The third kappa shape index (κ3) is 6.57. The van der Waals surface area contributed by atoms with Gasteiger partial charge in [0, 0.05) is 51.2 Å². The third-order valence-corrected chi connectivity index (χ3v) is 7.99. The average molecular weight is 442 g/mol. The second-order valence-electron chi connectivity index (χ2n) is 9.07. The monoisotopic (exact) mass is 441 g/mol. The van der Waals surface area contributed by atoms with E-state index in [1.54, 1.807) is 4.31 Å². The highest BCUT2D eigenvalue weighted by atomic mass is 32.2. The zero-order valence-electron chi connectivity index (χ0n) is 18.6. The summed E-state index contributed by atoms with van der Waals surface area (Å²) in [4.78, 5) is 19.6. The molecule has 0 aromatic heterocycles. The van der Waals surface area contributed by atoms with Crippen LogP contribution in [0, 0.1) is 11.8 Å². The van der Waals surface area contributed by atoms with Crippen LogP contribution in [0.5, 0.6) is 0 Å². The van der Waals surface area contributed by atoms with Gasteiger partial charge < -0.3 is 15.5 Å². The molecule has 2 N–H and O–H groups in total. The average Bonchev–Trinajstić information content (AvgIpc) is 3.20. The Morgan fingerprint density at radius 2 is 1.73 bits per heavy atom. The lowest BCUT2D eigenvalue weighted by molar-refractivity contribution is -0.135. The Labute approximate surface area is 181 Å². The molecule has 9 heteroatoms. The largest absolute Gasteiger partial charge is 0.357 e. The van der Waals surface area contributed by atoms with E-state index in [2.05, 4.69) is 17.6 Å². The molecule has 3 fully saturated rings. The van der Waals surface area contributed by atoms with Crippen molar-refractivity contribution in [3.63, 3.8) is 0 Å². The van der Waals surface area contributed by atoms with Gasteiger partial charge in [-0.25, -0.2) is 12.7 Å². The molecule has 3 rings (SSSR count). The van der Waals surface area contributed by atoms with Gasteiger partial charge in [0.05, 0.1) is 6.26 Å². The summed E-state index contributed by atoms with van der Waals surface area (Å²) in [6, 6.07) is 0.238. The number of rotatable bonds is 6. The summed E-state index contributed by atoms with van der Waals surface area (Å²) >= 11 is 0. The molecule has 1 unspecified atom stereocenters. The summed E-state index contributed by atoms with van der Waals surface area (Å²) in [5.74, 6) is 1.79. The fourth-order valence-corrected chi connectivity index (χ4v) is 5.72. The lowest BCUT2D eigenvalue weighted by Gasteiger charge is -2.29. The minimum Gasteiger partial charge on any atom is -0.357 e. The maximum atomic E-state index is 12.8. The van der Waals surface area contributed by atoms with Gasteiger partial charge in [0.1, 0.15) is 0 Å². The lowest BCUT2D eigenvalue weighted by atomic mass is 9.88. The van der Waals surface area contributed by atoms with Crippen molar-refractivity contribution in [2.24, 2.45) is 16.8 Å².